The summed E-state index contributed by atoms with van der Waals surface area (Å²) in [6, 6.07) is 5.26. The number of nitrogens with zero attached hydrogens (tertiary/aromatic N) is 2. The van der Waals surface area contributed by atoms with Crippen molar-refractivity contribution in [2.45, 2.75) is 6.92 Å². The Morgan fingerprint density at radius 2 is 2.31 bits per heavy atom. The molecule has 0 aliphatic carbocycles. The summed E-state index contributed by atoms with van der Waals surface area (Å²) >= 11 is 5.77. The van der Waals surface area contributed by atoms with Crippen molar-refractivity contribution < 1.29 is 4.79 Å². The topological polar surface area (TPSA) is 34.9 Å². The average molecular weight is 195 g/mol. The Morgan fingerprint density at radius 1 is 1.54 bits per heavy atom. The molecule has 0 aliphatic heterocycles. The van der Waals surface area contributed by atoms with E-state index in [9.17, 15) is 4.79 Å². The van der Waals surface area contributed by atoms with E-state index in [1.807, 2.05) is 0 Å². The van der Waals surface area contributed by atoms with Crippen molar-refractivity contribution >= 4 is 28.5 Å². The minimum atomic E-state index is -0.0511. The molecule has 0 unspecified atom stereocenters. The summed E-state index contributed by atoms with van der Waals surface area (Å²) in [5, 5.41) is 0.626. The minimum absolute atomic E-state index is 0.0511. The summed E-state index contributed by atoms with van der Waals surface area (Å²) in [4.78, 5) is 15.2. The van der Waals surface area contributed by atoms with E-state index in [4.69, 9.17) is 11.6 Å². The summed E-state index contributed by atoms with van der Waals surface area (Å²) in [5.74, 6) is -0.0511. The number of benzene rings is 1. The van der Waals surface area contributed by atoms with E-state index in [0.29, 0.717) is 5.02 Å². The molecule has 3 nitrogen and oxygen atoms in total. The van der Waals surface area contributed by atoms with Gasteiger partial charge in [0.2, 0.25) is 5.91 Å². The lowest BCUT2D eigenvalue weighted by atomic mass is 10.3. The molecule has 0 radical (unpaired) electrons. The largest absolute Gasteiger partial charge is 0.274 e. The predicted molar refractivity (Wildman–Crippen MR) is 51.0 cm³/mol. The van der Waals surface area contributed by atoms with Gasteiger partial charge in [0.05, 0.1) is 11.0 Å². The Bertz CT molecular complexity index is 475. The molecule has 4 heteroatoms. The number of hydrogen-bond donors (Lipinski definition) is 0. The van der Waals surface area contributed by atoms with Crippen molar-refractivity contribution in [2.24, 2.45) is 0 Å². The van der Waals surface area contributed by atoms with Gasteiger partial charge in [-0.2, -0.15) is 0 Å². The third-order valence-electron chi connectivity index (χ3n) is 1.85. The molecular formula is C9H7ClN2O. The maximum atomic E-state index is 11.1. The average Bonchev–Trinajstić information content (AvgIpc) is 2.46. The van der Waals surface area contributed by atoms with Gasteiger partial charge in [0.25, 0.3) is 0 Å². The maximum absolute atomic E-state index is 11.1. The van der Waals surface area contributed by atoms with Gasteiger partial charge in [-0.1, -0.05) is 11.6 Å². The van der Waals surface area contributed by atoms with E-state index >= 15 is 0 Å². The van der Waals surface area contributed by atoms with Crippen molar-refractivity contribution in [3.63, 3.8) is 0 Å². The van der Waals surface area contributed by atoms with Gasteiger partial charge in [-0.25, -0.2) is 4.98 Å². The van der Waals surface area contributed by atoms with Crippen LogP contribution in [0.4, 0.5) is 0 Å². The number of rotatable bonds is 0. The second kappa shape index (κ2) is 2.85. The van der Waals surface area contributed by atoms with Crippen LogP contribution in [-0.2, 0) is 0 Å². The second-order valence-corrected chi connectivity index (χ2v) is 3.20. The van der Waals surface area contributed by atoms with Crippen molar-refractivity contribution in [1.82, 2.24) is 9.55 Å². The van der Waals surface area contributed by atoms with Crippen molar-refractivity contribution in [3.8, 4) is 0 Å². The van der Waals surface area contributed by atoms with Crippen LogP contribution in [-0.4, -0.2) is 15.5 Å². The van der Waals surface area contributed by atoms with Crippen molar-refractivity contribution in [3.05, 3.63) is 29.5 Å². The lowest BCUT2D eigenvalue weighted by molar-refractivity contribution is 0.0941. The van der Waals surface area contributed by atoms with Crippen LogP contribution < -0.4 is 0 Å². The number of carbonyl (C=O) groups excluding carboxylic acids is 1. The van der Waals surface area contributed by atoms with Crippen LogP contribution in [0.1, 0.15) is 11.7 Å². The fourth-order valence-corrected chi connectivity index (χ4v) is 1.40. The van der Waals surface area contributed by atoms with Gasteiger partial charge in [-0.3, -0.25) is 9.36 Å². The summed E-state index contributed by atoms with van der Waals surface area (Å²) < 4.78 is 1.49. The molecule has 1 aromatic carbocycles. The lowest BCUT2D eigenvalue weighted by Crippen LogP contribution is -2.02. The second-order valence-electron chi connectivity index (χ2n) is 2.77. The zero-order valence-corrected chi connectivity index (χ0v) is 7.75. The highest BCUT2D eigenvalue weighted by molar-refractivity contribution is 6.31. The summed E-state index contributed by atoms with van der Waals surface area (Å²) in [7, 11) is 0. The number of hydrogen-bond acceptors (Lipinski definition) is 2. The first kappa shape index (κ1) is 8.26. The molecule has 0 bridgehead atoms. The molecule has 0 aliphatic rings. The highest BCUT2D eigenvalue weighted by Gasteiger charge is 2.05. The Kier molecular flexibility index (Phi) is 1.81. The lowest BCUT2D eigenvalue weighted by Gasteiger charge is -1.96. The molecule has 2 aromatic rings. The Morgan fingerprint density at radius 3 is 3.00 bits per heavy atom. The molecule has 0 N–H and O–H groups in total. The molecule has 0 spiro atoms. The third kappa shape index (κ3) is 1.31. The zero-order chi connectivity index (χ0) is 9.42. The zero-order valence-electron chi connectivity index (χ0n) is 6.99. The highest BCUT2D eigenvalue weighted by Crippen LogP contribution is 2.17. The monoisotopic (exact) mass is 194 g/mol. The normalized spacial score (nSPS) is 10.6. The van der Waals surface area contributed by atoms with E-state index < -0.39 is 0 Å². The Labute approximate surface area is 79.9 Å². The van der Waals surface area contributed by atoms with Crippen LogP contribution in [0.3, 0.4) is 0 Å². The van der Waals surface area contributed by atoms with Crippen molar-refractivity contribution in [2.75, 3.05) is 0 Å². The van der Waals surface area contributed by atoms with E-state index in [2.05, 4.69) is 4.98 Å². The Hall–Kier alpha value is -1.35. The minimum Gasteiger partial charge on any atom is -0.274 e. The first-order valence-electron chi connectivity index (χ1n) is 3.82. The van der Waals surface area contributed by atoms with Gasteiger partial charge in [0, 0.05) is 11.9 Å². The van der Waals surface area contributed by atoms with Crippen LogP contribution in [0, 0.1) is 0 Å². The summed E-state index contributed by atoms with van der Waals surface area (Å²) in [6.45, 7) is 1.50. The molecule has 0 saturated carbocycles. The smallest absolute Gasteiger partial charge is 0.229 e. The standard InChI is InChI=1S/C9H7ClN2O/c1-6(13)12-5-11-8-4-7(10)2-3-9(8)12/h2-5H,1H3. The van der Waals surface area contributed by atoms with Crippen LogP contribution in [0.25, 0.3) is 11.0 Å². The van der Waals surface area contributed by atoms with Crippen LogP contribution in [0.15, 0.2) is 24.5 Å². The van der Waals surface area contributed by atoms with E-state index in [1.165, 1.54) is 17.8 Å². The molecule has 0 fully saturated rings. The highest BCUT2D eigenvalue weighted by atomic mass is 35.5. The molecule has 2 rings (SSSR count). The SMILES string of the molecule is CC(=O)n1cnc2cc(Cl)ccc21. The molecule has 1 aromatic heterocycles. The van der Waals surface area contributed by atoms with Crippen LogP contribution in [0.5, 0.6) is 0 Å². The van der Waals surface area contributed by atoms with E-state index in [0.717, 1.165) is 11.0 Å². The fourth-order valence-electron chi connectivity index (χ4n) is 1.24. The van der Waals surface area contributed by atoms with Crippen molar-refractivity contribution in [1.29, 1.82) is 0 Å². The number of imidazole rings is 1. The summed E-state index contributed by atoms with van der Waals surface area (Å²) in [5.41, 5.74) is 1.53. The molecule has 13 heavy (non-hydrogen) atoms. The predicted octanol–water partition coefficient (Wildman–Crippen LogP) is 2.35. The molecule has 0 amide bonds. The quantitative estimate of drug-likeness (QED) is 0.645. The van der Waals surface area contributed by atoms with E-state index in [1.54, 1.807) is 18.2 Å². The van der Waals surface area contributed by atoms with Gasteiger partial charge in [0.1, 0.15) is 6.33 Å². The van der Waals surface area contributed by atoms with Crippen LogP contribution >= 0.6 is 11.6 Å². The Balaban J connectivity index is 2.76. The molecule has 1 heterocycles. The number of carbonyl (C=O) groups is 1. The van der Waals surface area contributed by atoms with Gasteiger partial charge >= 0.3 is 0 Å². The van der Waals surface area contributed by atoms with Gasteiger partial charge in [-0.05, 0) is 18.2 Å². The first-order valence-corrected chi connectivity index (χ1v) is 4.20. The summed E-state index contributed by atoms with van der Waals surface area (Å²) in [6.07, 6.45) is 1.50. The fraction of sp³-hybridized carbons (Fsp3) is 0.111. The van der Waals surface area contributed by atoms with E-state index in [-0.39, 0.29) is 5.91 Å². The van der Waals surface area contributed by atoms with Crippen LogP contribution in [0.2, 0.25) is 5.02 Å². The number of aromatic nitrogens is 2. The van der Waals surface area contributed by atoms with Gasteiger partial charge in [-0.15, -0.1) is 0 Å². The number of fused-ring (bicyclic) bond motifs is 1. The molecular weight excluding hydrogens is 188 g/mol. The first-order chi connectivity index (χ1) is 6.18. The van der Waals surface area contributed by atoms with Gasteiger partial charge in [0.15, 0.2) is 0 Å². The molecule has 0 atom stereocenters. The molecule has 66 valence electrons. The third-order valence-corrected chi connectivity index (χ3v) is 2.08. The maximum Gasteiger partial charge on any atom is 0.229 e. The molecule has 0 saturated heterocycles. The van der Waals surface area contributed by atoms with Gasteiger partial charge < -0.3 is 0 Å². The number of halogens is 1.